The van der Waals surface area contributed by atoms with Gasteiger partial charge in [-0.15, -0.1) is 0 Å². The van der Waals surface area contributed by atoms with Crippen molar-refractivity contribution in [3.05, 3.63) is 102 Å². The molecule has 2 heterocycles. The van der Waals surface area contributed by atoms with Crippen LogP contribution in [0.1, 0.15) is 29.2 Å². The van der Waals surface area contributed by atoms with Crippen LogP contribution in [0, 0.1) is 0 Å². The summed E-state index contributed by atoms with van der Waals surface area (Å²) in [6.45, 7) is 2.29. The second kappa shape index (κ2) is 10.7. The third-order valence-corrected chi connectivity index (χ3v) is 5.82. The van der Waals surface area contributed by atoms with E-state index in [0.29, 0.717) is 26.2 Å². The Labute approximate surface area is 188 Å². The maximum atomic E-state index is 12.9. The molecule has 0 bridgehead atoms. The number of hydrogen-bond acceptors (Lipinski definition) is 4. The molecule has 1 saturated heterocycles. The fourth-order valence-electron chi connectivity index (χ4n) is 4.14. The summed E-state index contributed by atoms with van der Waals surface area (Å²) < 4.78 is 0. The van der Waals surface area contributed by atoms with Crippen LogP contribution in [0.25, 0.3) is 0 Å². The van der Waals surface area contributed by atoms with Crippen molar-refractivity contribution in [1.82, 2.24) is 20.5 Å². The lowest BCUT2D eigenvalue weighted by Gasteiger charge is -2.34. The van der Waals surface area contributed by atoms with E-state index in [1.807, 2.05) is 59.5 Å². The molecule has 1 aliphatic heterocycles. The zero-order valence-corrected chi connectivity index (χ0v) is 18.0. The van der Waals surface area contributed by atoms with Gasteiger partial charge in [0.2, 0.25) is 11.8 Å². The Balaban J connectivity index is 1.42. The number of amides is 2. The first-order valence-corrected chi connectivity index (χ1v) is 11.0. The summed E-state index contributed by atoms with van der Waals surface area (Å²) >= 11 is 0. The molecule has 1 atom stereocenters. The van der Waals surface area contributed by atoms with Crippen LogP contribution < -0.4 is 10.6 Å². The minimum atomic E-state index is -0.502. The highest BCUT2D eigenvalue weighted by molar-refractivity contribution is 5.88. The van der Waals surface area contributed by atoms with Gasteiger partial charge in [0.05, 0.1) is 18.2 Å². The molecule has 2 aromatic carbocycles. The molecule has 164 valence electrons. The highest BCUT2D eigenvalue weighted by Gasteiger charge is 2.32. The summed E-state index contributed by atoms with van der Waals surface area (Å²) in [5.41, 5.74) is 3.18. The van der Waals surface area contributed by atoms with E-state index in [9.17, 15) is 9.59 Å². The van der Waals surface area contributed by atoms with Crippen LogP contribution in [0.4, 0.5) is 0 Å². The van der Waals surface area contributed by atoms with Crippen molar-refractivity contribution in [2.24, 2.45) is 0 Å². The van der Waals surface area contributed by atoms with Crippen LogP contribution >= 0.6 is 0 Å². The molecular formula is C26H28N4O2. The lowest BCUT2D eigenvalue weighted by molar-refractivity contribution is -0.134. The smallest absolute Gasteiger partial charge is 0.237 e. The largest absolute Gasteiger partial charge is 0.355 e. The van der Waals surface area contributed by atoms with E-state index in [4.69, 9.17) is 0 Å². The van der Waals surface area contributed by atoms with Crippen molar-refractivity contribution in [1.29, 1.82) is 0 Å². The van der Waals surface area contributed by atoms with Crippen molar-refractivity contribution < 1.29 is 9.59 Å². The monoisotopic (exact) mass is 428 g/mol. The number of hydrogen-bond donors (Lipinski definition) is 2. The molecular weight excluding hydrogens is 400 g/mol. The average molecular weight is 429 g/mol. The standard InChI is InChI=1S/C26H28N4O2/c31-25(17-24-26(32)28-15-16-30(24)19-22-13-7-8-14-27-22)29-18-23(20-9-3-1-4-10-20)21-11-5-2-6-12-21/h1-14,23-24H,15-19H2,(H,28,32)(H,29,31)/t24-/m0/s1. The SMILES string of the molecule is O=C(C[C@H]1C(=O)NCCN1Cc1ccccn1)NCC(c1ccccc1)c1ccccc1. The van der Waals surface area contributed by atoms with Crippen LogP contribution in [0.2, 0.25) is 0 Å². The fraction of sp³-hybridized carbons (Fsp3) is 0.269. The quantitative estimate of drug-likeness (QED) is 0.579. The predicted molar refractivity (Wildman–Crippen MR) is 124 cm³/mol. The second-order valence-corrected chi connectivity index (χ2v) is 7.98. The van der Waals surface area contributed by atoms with Gasteiger partial charge in [0.15, 0.2) is 0 Å². The van der Waals surface area contributed by atoms with Crippen LogP contribution in [-0.2, 0) is 16.1 Å². The third-order valence-electron chi connectivity index (χ3n) is 5.82. The molecule has 32 heavy (non-hydrogen) atoms. The highest BCUT2D eigenvalue weighted by Crippen LogP contribution is 2.24. The normalized spacial score (nSPS) is 16.5. The van der Waals surface area contributed by atoms with E-state index in [1.54, 1.807) is 6.20 Å². The van der Waals surface area contributed by atoms with E-state index in [0.717, 1.165) is 16.8 Å². The van der Waals surface area contributed by atoms with E-state index in [-0.39, 0.29) is 24.2 Å². The molecule has 0 aliphatic carbocycles. The molecule has 6 heteroatoms. The Morgan fingerprint density at radius 3 is 2.28 bits per heavy atom. The summed E-state index contributed by atoms with van der Waals surface area (Å²) in [6.07, 6.45) is 1.86. The van der Waals surface area contributed by atoms with Gasteiger partial charge in [-0.05, 0) is 23.3 Å². The molecule has 0 radical (unpaired) electrons. The Hall–Kier alpha value is -3.51. The van der Waals surface area contributed by atoms with Crippen LogP contribution in [0.5, 0.6) is 0 Å². The summed E-state index contributed by atoms with van der Waals surface area (Å²) in [6, 6.07) is 25.6. The molecule has 1 fully saturated rings. The van der Waals surface area contributed by atoms with Gasteiger partial charge in [0.25, 0.3) is 0 Å². The van der Waals surface area contributed by atoms with Gasteiger partial charge >= 0.3 is 0 Å². The zero-order valence-electron chi connectivity index (χ0n) is 18.0. The number of rotatable bonds is 8. The molecule has 1 aliphatic rings. The van der Waals surface area contributed by atoms with E-state index in [2.05, 4.69) is 39.9 Å². The number of piperazine rings is 1. The summed E-state index contributed by atoms with van der Waals surface area (Å²) in [7, 11) is 0. The van der Waals surface area contributed by atoms with Crippen LogP contribution in [0.15, 0.2) is 85.1 Å². The van der Waals surface area contributed by atoms with Crippen molar-refractivity contribution in [3.8, 4) is 0 Å². The van der Waals surface area contributed by atoms with Gasteiger partial charge in [-0.25, -0.2) is 0 Å². The Bertz CT molecular complexity index is 972. The van der Waals surface area contributed by atoms with Gasteiger partial charge in [0.1, 0.15) is 0 Å². The number of nitrogens with zero attached hydrogens (tertiary/aromatic N) is 2. The van der Waals surface area contributed by atoms with Crippen LogP contribution in [0.3, 0.4) is 0 Å². The number of benzene rings is 2. The van der Waals surface area contributed by atoms with E-state index >= 15 is 0 Å². The first-order chi connectivity index (χ1) is 15.7. The first-order valence-electron chi connectivity index (χ1n) is 11.0. The van der Waals surface area contributed by atoms with Crippen molar-refractivity contribution in [2.75, 3.05) is 19.6 Å². The average Bonchev–Trinajstić information content (AvgIpc) is 2.83. The summed E-state index contributed by atoms with van der Waals surface area (Å²) in [4.78, 5) is 31.8. The van der Waals surface area contributed by atoms with Crippen molar-refractivity contribution in [2.45, 2.75) is 24.9 Å². The van der Waals surface area contributed by atoms with Gasteiger partial charge in [-0.2, -0.15) is 0 Å². The van der Waals surface area contributed by atoms with Gasteiger partial charge in [-0.1, -0.05) is 66.7 Å². The number of aromatic nitrogens is 1. The number of carbonyl (C=O) groups excluding carboxylic acids is 2. The van der Waals surface area contributed by atoms with Gasteiger partial charge in [0, 0.05) is 38.3 Å². The van der Waals surface area contributed by atoms with E-state index in [1.165, 1.54) is 0 Å². The van der Waals surface area contributed by atoms with Crippen molar-refractivity contribution in [3.63, 3.8) is 0 Å². The minimum absolute atomic E-state index is 0.0474. The molecule has 6 nitrogen and oxygen atoms in total. The minimum Gasteiger partial charge on any atom is -0.355 e. The Morgan fingerprint density at radius 1 is 1.00 bits per heavy atom. The first kappa shape index (κ1) is 21.7. The topological polar surface area (TPSA) is 74.3 Å². The molecule has 1 aromatic heterocycles. The number of pyridine rings is 1. The number of nitrogens with one attached hydrogen (secondary N) is 2. The molecule has 2 N–H and O–H groups in total. The predicted octanol–water partition coefficient (Wildman–Crippen LogP) is 2.72. The Morgan fingerprint density at radius 2 is 1.66 bits per heavy atom. The fourth-order valence-corrected chi connectivity index (χ4v) is 4.14. The summed E-state index contributed by atoms with van der Waals surface area (Å²) in [5.74, 6) is -0.189. The molecule has 3 aromatic rings. The lowest BCUT2D eigenvalue weighted by Crippen LogP contribution is -2.56. The third kappa shape index (κ3) is 5.59. The molecule has 2 amide bonds. The maximum Gasteiger partial charge on any atom is 0.237 e. The highest BCUT2D eigenvalue weighted by atomic mass is 16.2. The molecule has 0 saturated carbocycles. The molecule has 4 rings (SSSR count). The number of carbonyl (C=O) groups is 2. The second-order valence-electron chi connectivity index (χ2n) is 7.98. The molecule has 0 spiro atoms. The Kier molecular flexibility index (Phi) is 7.25. The van der Waals surface area contributed by atoms with Gasteiger partial charge in [-0.3, -0.25) is 19.5 Å². The van der Waals surface area contributed by atoms with Gasteiger partial charge < -0.3 is 10.6 Å². The summed E-state index contributed by atoms with van der Waals surface area (Å²) in [5, 5.41) is 5.96. The molecule has 0 unspecified atom stereocenters. The zero-order chi connectivity index (χ0) is 22.2. The lowest BCUT2D eigenvalue weighted by atomic mass is 9.91. The maximum absolute atomic E-state index is 12.9. The van der Waals surface area contributed by atoms with Crippen molar-refractivity contribution >= 4 is 11.8 Å². The van der Waals surface area contributed by atoms with E-state index < -0.39 is 6.04 Å². The van der Waals surface area contributed by atoms with Crippen LogP contribution in [-0.4, -0.2) is 47.4 Å².